The highest BCUT2D eigenvalue weighted by Crippen LogP contribution is 2.32. The molecule has 0 aromatic heterocycles. The molecule has 2 heterocycles. The van der Waals surface area contributed by atoms with E-state index >= 15 is 0 Å². The molecule has 2 bridgehead atoms. The van der Waals surface area contributed by atoms with Crippen LogP contribution in [0.4, 0.5) is 0 Å². The van der Waals surface area contributed by atoms with Crippen LogP contribution in [0.3, 0.4) is 0 Å². The maximum atomic E-state index is 9.04. The van der Waals surface area contributed by atoms with E-state index in [-0.39, 0.29) is 0 Å². The van der Waals surface area contributed by atoms with Crippen molar-refractivity contribution in [3.63, 3.8) is 0 Å². The van der Waals surface area contributed by atoms with E-state index in [4.69, 9.17) is 5.26 Å². The number of piperazine rings is 1. The average Bonchev–Trinajstić information content (AvgIpc) is 2.76. The van der Waals surface area contributed by atoms with E-state index in [0.29, 0.717) is 18.8 Å². The van der Waals surface area contributed by atoms with Crippen LogP contribution in [0.15, 0.2) is 29.3 Å². The van der Waals surface area contributed by atoms with E-state index in [2.05, 4.69) is 45.8 Å². The zero-order valence-electron chi connectivity index (χ0n) is 13.1. The summed E-state index contributed by atoms with van der Waals surface area (Å²) in [6.45, 7) is 7.30. The summed E-state index contributed by atoms with van der Waals surface area (Å²) in [5.74, 6) is 0. The first kappa shape index (κ1) is 15.2. The van der Waals surface area contributed by atoms with Crippen LogP contribution < -0.4 is 0 Å². The van der Waals surface area contributed by atoms with Gasteiger partial charge in [0.2, 0.25) is 0 Å². The summed E-state index contributed by atoms with van der Waals surface area (Å²) in [6.07, 6.45) is 2.52. The Morgan fingerprint density at radius 1 is 1.36 bits per heavy atom. The largest absolute Gasteiger partial charge is 0.291 e. The zero-order chi connectivity index (χ0) is 15.5. The molecule has 116 valence electrons. The van der Waals surface area contributed by atoms with Crippen LogP contribution in [-0.2, 0) is 6.54 Å². The number of nitriles is 1. The van der Waals surface area contributed by atoms with E-state index < -0.39 is 0 Å². The topological polar surface area (TPSA) is 45.9 Å². The molecule has 2 unspecified atom stereocenters. The van der Waals surface area contributed by atoms with Crippen LogP contribution in [0, 0.1) is 11.3 Å². The monoisotopic (exact) mass is 297 g/mol. The van der Waals surface area contributed by atoms with Crippen molar-refractivity contribution >= 4 is 6.72 Å². The molecule has 22 heavy (non-hydrogen) atoms. The van der Waals surface area contributed by atoms with Gasteiger partial charge in [-0.15, -0.1) is 0 Å². The predicted molar refractivity (Wildman–Crippen MR) is 87.3 cm³/mol. The van der Waals surface area contributed by atoms with Crippen molar-refractivity contribution in [1.29, 1.82) is 5.26 Å². The van der Waals surface area contributed by atoms with Crippen molar-refractivity contribution < 1.29 is 0 Å². The minimum Gasteiger partial charge on any atom is -0.291 e. The van der Waals surface area contributed by atoms with Gasteiger partial charge in [0.05, 0.1) is 11.6 Å². The molecule has 2 aliphatic rings. The number of hydrazine groups is 1. The van der Waals surface area contributed by atoms with Gasteiger partial charge < -0.3 is 0 Å². The van der Waals surface area contributed by atoms with Crippen molar-refractivity contribution in [2.45, 2.75) is 31.5 Å². The molecule has 2 aliphatic heterocycles. The normalized spacial score (nSPS) is 25.3. The first-order valence-corrected chi connectivity index (χ1v) is 7.84. The standard InChI is InChI=1S/C17H23N5/c1-19-13-20(2)21-11-16-6-7-17(12-21)22(16)10-15-5-3-4-14(8-15)9-18/h3-5,8,16-17H,1,6-7,10-13H2,2H3. The Morgan fingerprint density at radius 2 is 2.09 bits per heavy atom. The molecule has 0 saturated carbocycles. The summed E-state index contributed by atoms with van der Waals surface area (Å²) in [7, 11) is 2.08. The van der Waals surface area contributed by atoms with E-state index in [1.165, 1.54) is 18.4 Å². The third-order valence-corrected chi connectivity index (χ3v) is 4.82. The van der Waals surface area contributed by atoms with Gasteiger partial charge in [-0.3, -0.25) is 9.89 Å². The summed E-state index contributed by atoms with van der Waals surface area (Å²) in [5, 5.41) is 13.6. The van der Waals surface area contributed by atoms with Gasteiger partial charge in [-0.1, -0.05) is 12.1 Å². The Bertz CT molecular complexity index is 565. The Hall–Kier alpha value is -1.74. The van der Waals surface area contributed by atoms with Gasteiger partial charge in [-0.05, 0) is 37.3 Å². The molecule has 2 atom stereocenters. The smallest absolute Gasteiger partial charge is 0.103 e. The summed E-state index contributed by atoms with van der Waals surface area (Å²) in [6, 6.07) is 11.4. The minimum atomic E-state index is 0.594. The lowest BCUT2D eigenvalue weighted by molar-refractivity contribution is -0.0662. The molecule has 5 heteroatoms. The Morgan fingerprint density at radius 3 is 2.73 bits per heavy atom. The highest BCUT2D eigenvalue weighted by molar-refractivity contribution is 5.32. The van der Waals surface area contributed by atoms with E-state index in [0.717, 1.165) is 25.2 Å². The maximum Gasteiger partial charge on any atom is 0.103 e. The molecule has 0 amide bonds. The van der Waals surface area contributed by atoms with Gasteiger partial charge in [0, 0.05) is 38.8 Å². The molecule has 1 aromatic rings. The number of fused-ring (bicyclic) bond motifs is 2. The van der Waals surface area contributed by atoms with Crippen molar-refractivity contribution in [1.82, 2.24) is 14.9 Å². The molecule has 5 nitrogen and oxygen atoms in total. The third-order valence-electron chi connectivity index (χ3n) is 4.82. The van der Waals surface area contributed by atoms with Gasteiger partial charge in [-0.25, -0.2) is 10.0 Å². The maximum absolute atomic E-state index is 9.04. The fourth-order valence-electron chi connectivity index (χ4n) is 3.69. The van der Waals surface area contributed by atoms with Crippen LogP contribution in [0.5, 0.6) is 0 Å². The molecule has 3 rings (SSSR count). The third kappa shape index (κ3) is 3.05. The summed E-state index contributed by atoms with van der Waals surface area (Å²) in [4.78, 5) is 6.59. The minimum absolute atomic E-state index is 0.594. The first-order valence-electron chi connectivity index (χ1n) is 7.84. The predicted octanol–water partition coefficient (Wildman–Crippen LogP) is 1.71. The lowest BCUT2D eigenvalue weighted by atomic mass is 10.1. The highest BCUT2D eigenvalue weighted by Gasteiger charge is 2.40. The second-order valence-electron chi connectivity index (χ2n) is 6.26. The second kappa shape index (κ2) is 6.57. The average molecular weight is 297 g/mol. The van der Waals surface area contributed by atoms with E-state index in [9.17, 15) is 0 Å². The number of aliphatic imine (C=N–C) groups is 1. The van der Waals surface area contributed by atoms with Crippen molar-refractivity contribution in [2.75, 3.05) is 26.8 Å². The molecular formula is C17H23N5. The highest BCUT2D eigenvalue weighted by atomic mass is 15.6. The van der Waals surface area contributed by atoms with Crippen LogP contribution in [0.25, 0.3) is 0 Å². The SMILES string of the molecule is C=NCN(C)N1CC2CCC(C1)N2Cc1cccc(C#N)c1. The van der Waals surface area contributed by atoms with Crippen LogP contribution in [0.1, 0.15) is 24.0 Å². The van der Waals surface area contributed by atoms with Gasteiger partial charge in [0.1, 0.15) is 6.67 Å². The Balaban J connectivity index is 1.67. The molecular weight excluding hydrogens is 274 g/mol. The second-order valence-corrected chi connectivity index (χ2v) is 6.26. The molecule has 1 aromatic carbocycles. The van der Waals surface area contributed by atoms with Crippen LogP contribution >= 0.6 is 0 Å². The van der Waals surface area contributed by atoms with Crippen molar-refractivity contribution in [3.05, 3.63) is 35.4 Å². The molecule has 0 spiro atoms. The summed E-state index contributed by atoms with van der Waals surface area (Å²) >= 11 is 0. The van der Waals surface area contributed by atoms with Crippen LogP contribution in [-0.4, -0.2) is 60.5 Å². The lowest BCUT2D eigenvalue weighted by Crippen LogP contribution is -2.57. The molecule has 0 radical (unpaired) electrons. The van der Waals surface area contributed by atoms with Crippen molar-refractivity contribution in [2.24, 2.45) is 4.99 Å². The Labute approximate surface area is 132 Å². The fourth-order valence-corrected chi connectivity index (χ4v) is 3.69. The fraction of sp³-hybridized carbons (Fsp3) is 0.529. The first-order chi connectivity index (χ1) is 10.7. The molecule has 2 fully saturated rings. The van der Waals surface area contributed by atoms with Gasteiger partial charge >= 0.3 is 0 Å². The summed E-state index contributed by atoms with van der Waals surface area (Å²) < 4.78 is 0. The van der Waals surface area contributed by atoms with Crippen molar-refractivity contribution in [3.8, 4) is 6.07 Å². The summed E-state index contributed by atoms with van der Waals surface area (Å²) in [5.41, 5.74) is 1.99. The molecule has 2 saturated heterocycles. The molecule has 0 aliphatic carbocycles. The Kier molecular flexibility index (Phi) is 4.53. The lowest BCUT2D eigenvalue weighted by Gasteiger charge is -2.44. The number of benzene rings is 1. The zero-order valence-corrected chi connectivity index (χ0v) is 13.1. The number of nitrogens with zero attached hydrogens (tertiary/aromatic N) is 5. The van der Waals surface area contributed by atoms with Crippen LogP contribution in [0.2, 0.25) is 0 Å². The quantitative estimate of drug-likeness (QED) is 0.776. The number of hydrogen-bond acceptors (Lipinski definition) is 5. The number of hydrogen-bond donors (Lipinski definition) is 0. The van der Waals surface area contributed by atoms with Gasteiger partial charge in [-0.2, -0.15) is 5.26 Å². The number of rotatable bonds is 5. The van der Waals surface area contributed by atoms with E-state index in [1.54, 1.807) is 0 Å². The van der Waals surface area contributed by atoms with Gasteiger partial charge in [0.25, 0.3) is 0 Å². The van der Waals surface area contributed by atoms with Gasteiger partial charge in [0.15, 0.2) is 0 Å². The molecule has 0 N–H and O–H groups in total. The van der Waals surface area contributed by atoms with E-state index in [1.807, 2.05) is 18.2 Å².